The van der Waals surface area contributed by atoms with E-state index in [9.17, 15) is 4.79 Å². The van der Waals surface area contributed by atoms with Crippen molar-refractivity contribution in [3.63, 3.8) is 0 Å². The van der Waals surface area contributed by atoms with Crippen LogP contribution in [-0.2, 0) is 17.8 Å². The predicted octanol–water partition coefficient (Wildman–Crippen LogP) is 4.35. The van der Waals surface area contributed by atoms with E-state index in [4.69, 9.17) is 0 Å². The van der Waals surface area contributed by atoms with Gasteiger partial charge in [0.15, 0.2) is 0 Å². The Morgan fingerprint density at radius 2 is 1.90 bits per heavy atom. The molecule has 2 aromatic rings. The van der Waals surface area contributed by atoms with Gasteiger partial charge in [0.05, 0.1) is 0 Å². The molecule has 0 atom stereocenters. The average molecular weight is 346 g/mol. The van der Waals surface area contributed by atoms with Gasteiger partial charge < -0.3 is 4.90 Å². The van der Waals surface area contributed by atoms with Gasteiger partial charge in [0, 0.05) is 24.5 Å². The zero-order valence-electron chi connectivity index (χ0n) is 12.5. The number of nitrogens with zero attached hydrogens (tertiary/aromatic N) is 1. The van der Waals surface area contributed by atoms with Crippen LogP contribution < -0.4 is 0 Å². The normalized spacial score (nSPS) is 10.4. The van der Waals surface area contributed by atoms with Crippen molar-refractivity contribution >= 4 is 21.8 Å². The summed E-state index contributed by atoms with van der Waals surface area (Å²) in [4.78, 5) is 14.0. The number of rotatable bonds is 5. The molecule has 110 valence electrons. The summed E-state index contributed by atoms with van der Waals surface area (Å²) in [6, 6.07) is 16.3. The van der Waals surface area contributed by atoms with Gasteiger partial charge in [-0.05, 0) is 42.2 Å². The molecule has 0 aliphatic carbocycles. The second-order valence-corrected chi connectivity index (χ2v) is 6.22. The summed E-state index contributed by atoms with van der Waals surface area (Å²) in [6.07, 6.45) is 1.31. The van der Waals surface area contributed by atoms with Crippen LogP contribution >= 0.6 is 15.9 Å². The van der Waals surface area contributed by atoms with Gasteiger partial charge in [0.2, 0.25) is 5.91 Å². The fraction of sp³-hybridized carbons (Fsp3) is 0.278. The van der Waals surface area contributed by atoms with Gasteiger partial charge in [-0.15, -0.1) is 0 Å². The van der Waals surface area contributed by atoms with Gasteiger partial charge in [-0.25, -0.2) is 0 Å². The van der Waals surface area contributed by atoms with Gasteiger partial charge in [-0.2, -0.15) is 0 Å². The molecule has 2 rings (SSSR count). The number of benzene rings is 2. The van der Waals surface area contributed by atoms with E-state index in [1.165, 1.54) is 16.7 Å². The Morgan fingerprint density at radius 1 is 1.14 bits per heavy atom. The van der Waals surface area contributed by atoms with Gasteiger partial charge in [-0.3, -0.25) is 4.79 Å². The first kappa shape index (κ1) is 15.8. The maximum atomic E-state index is 12.2. The van der Waals surface area contributed by atoms with Crippen LogP contribution in [0.5, 0.6) is 0 Å². The fourth-order valence-corrected chi connectivity index (χ4v) is 2.71. The minimum absolute atomic E-state index is 0.179. The molecule has 0 heterocycles. The third-order valence-electron chi connectivity index (χ3n) is 3.61. The minimum Gasteiger partial charge on any atom is -0.341 e. The molecule has 0 spiro atoms. The van der Waals surface area contributed by atoms with Crippen molar-refractivity contribution in [3.8, 4) is 0 Å². The lowest BCUT2D eigenvalue weighted by Gasteiger charge is -2.18. The maximum Gasteiger partial charge on any atom is 0.222 e. The van der Waals surface area contributed by atoms with Crippen LogP contribution in [0, 0.1) is 6.92 Å². The third kappa shape index (κ3) is 4.71. The van der Waals surface area contributed by atoms with Gasteiger partial charge in [0.25, 0.3) is 0 Å². The summed E-state index contributed by atoms with van der Waals surface area (Å²) in [5.41, 5.74) is 3.61. The lowest BCUT2D eigenvalue weighted by molar-refractivity contribution is -0.130. The summed E-state index contributed by atoms with van der Waals surface area (Å²) in [5.74, 6) is 0.179. The van der Waals surface area contributed by atoms with E-state index >= 15 is 0 Å². The van der Waals surface area contributed by atoms with E-state index < -0.39 is 0 Å². The van der Waals surface area contributed by atoms with Crippen LogP contribution in [0.2, 0.25) is 0 Å². The van der Waals surface area contributed by atoms with Crippen LogP contribution in [0.15, 0.2) is 53.0 Å². The van der Waals surface area contributed by atoms with E-state index in [2.05, 4.69) is 47.1 Å². The van der Waals surface area contributed by atoms with Crippen molar-refractivity contribution in [2.24, 2.45) is 0 Å². The first-order valence-electron chi connectivity index (χ1n) is 7.09. The van der Waals surface area contributed by atoms with E-state index in [0.29, 0.717) is 13.0 Å². The quantitative estimate of drug-likeness (QED) is 0.788. The number of amides is 1. The van der Waals surface area contributed by atoms with Crippen molar-refractivity contribution in [2.75, 3.05) is 7.05 Å². The molecule has 21 heavy (non-hydrogen) atoms. The summed E-state index contributed by atoms with van der Waals surface area (Å²) >= 11 is 3.45. The first-order chi connectivity index (χ1) is 10.1. The molecule has 0 aromatic heterocycles. The van der Waals surface area contributed by atoms with Gasteiger partial charge in [0.1, 0.15) is 0 Å². The minimum atomic E-state index is 0.179. The fourth-order valence-electron chi connectivity index (χ4n) is 2.27. The Bertz CT molecular complexity index is 624. The highest BCUT2D eigenvalue weighted by molar-refractivity contribution is 9.10. The Kier molecular flexibility index (Phi) is 5.57. The largest absolute Gasteiger partial charge is 0.341 e. The Morgan fingerprint density at radius 3 is 2.62 bits per heavy atom. The lowest BCUT2D eigenvalue weighted by Crippen LogP contribution is -2.26. The predicted molar refractivity (Wildman–Crippen MR) is 90.1 cm³/mol. The SMILES string of the molecule is Cc1ccccc1CN(C)C(=O)CCc1cccc(Br)c1. The molecule has 0 radical (unpaired) electrons. The molecule has 0 bridgehead atoms. The molecular weight excluding hydrogens is 326 g/mol. The highest BCUT2D eigenvalue weighted by Gasteiger charge is 2.10. The molecule has 0 fully saturated rings. The van der Waals surface area contributed by atoms with E-state index in [1.807, 2.05) is 31.3 Å². The standard InChI is InChI=1S/C18H20BrNO/c1-14-6-3-4-8-16(14)13-20(2)18(21)11-10-15-7-5-9-17(19)12-15/h3-9,12H,10-11,13H2,1-2H3. The van der Waals surface area contributed by atoms with Crippen LogP contribution in [0.3, 0.4) is 0 Å². The van der Waals surface area contributed by atoms with E-state index in [0.717, 1.165) is 10.9 Å². The van der Waals surface area contributed by atoms with Gasteiger partial charge >= 0.3 is 0 Å². The molecule has 0 saturated heterocycles. The van der Waals surface area contributed by atoms with E-state index in [-0.39, 0.29) is 5.91 Å². The first-order valence-corrected chi connectivity index (χ1v) is 7.88. The van der Waals surface area contributed by atoms with Crippen molar-refractivity contribution in [1.82, 2.24) is 4.90 Å². The van der Waals surface area contributed by atoms with Crippen LogP contribution in [0.4, 0.5) is 0 Å². The Labute approximate surface area is 134 Å². The van der Waals surface area contributed by atoms with Crippen molar-refractivity contribution in [3.05, 3.63) is 69.7 Å². The van der Waals surface area contributed by atoms with Crippen molar-refractivity contribution < 1.29 is 4.79 Å². The summed E-state index contributed by atoms with van der Waals surface area (Å²) in [5, 5.41) is 0. The van der Waals surface area contributed by atoms with Crippen LogP contribution in [-0.4, -0.2) is 17.9 Å². The third-order valence-corrected chi connectivity index (χ3v) is 4.10. The van der Waals surface area contributed by atoms with Crippen molar-refractivity contribution in [2.45, 2.75) is 26.3 Å². The molecule has 3 heteroatoms. The molecule has 0 saturated carbocycles. The monoisotopic (exact) mass is 345 g/mol. The molecule has 0 unspecified atom stereocenters. The number of hydrogen-bond acceptors (Lipinski definition) is 1. The Balaban J connectivity index is 1.90. The molecular formula is C18H20BrNO. The van der Waals surface area contributed by atoms with E-state index in [1.54, 1.807) is 4.90 Å². The smallest absolute Gasteiger partial charge is 0.222 e. The highest BCUT2D eigenvalue weighted by Crippen LogP contribution is 2.14. The number of carbonyl (C=O) groups is 1. The molecule has 2 nitrogen and oxygen atoms in total. The second-order valence-electron chi connectivity index (χ2n) is 5.31. The number of halogens is 1. The summed E-state index contributed by atoms with van der Waals surface area (Å²) < 4.78 is 1.06. The van der Waals surface area contributed by atoms with Crippen molar-refractivity contribution in [1.29, 1.82) is 0 Å². The summed E-state index contributed by atoms with van der Waals surface area (Å²) in [7, 11) is 1.87. The number of carbonyl (C=O) groups excluding carboxylic acids is 1. The molecule has 0 N–H and O–H groups in total. The zero-order valence-corrected chi connectivity index (χ0v) is 14.1. The lowest BCUT2D eigenvalue weighted by atomic mass is 10.1. The summed E-state index contributed by atoms with van der Waals surface area (Å²) in [6.45, 7) is 2.75. The van der Waals surface area contributed by atoms with Crippen LogP contribution in [0.25, 0.3) is 0 Å². The molecule has 1 amide bonds. The average Bonchev–Trinajstić information content (AvgIpc) is 2.47. The highest BCUT2D eigenvalue weighted by atomic mass is 79.9. The molecule has 0 aliphatic heterocycles. The topological polar surface area (TPSA) is 20.3 Å². The molecule has 2 aromatic carbocycles. The second kappa shape index (κ2) is 7.41. The van der Waals surface area contributed by atoms with Crippen LogP contribution in [0.1, 0.15) is 23.1 Å². The zero-order chi connectivity index (χ0) is 15.2. The number of aryl methyl sites for hydroxylation is 2. The Hall–Kier alpha value is -1.61. The number of hydrogen-bond donors (Lipinski definition) is 0. The van der Waals surface area contributed by atoms with Gasteiger partial charge in [-0.1, -0.05) is 52.3 Å². The maximum absolute atomic E-state index is 12.2. The molecule has 0 aliphatic rings.